The van der Waals surface area contributed by atoms with Crippen molar-refractivity contribution in [3.05, 3.63) is 90.6 Å². The second-order valence-corrected chi connectivity index (χ2v) is 7.06. The minimum absolute atomic E-state index is 0.268. The fourth-order valence-electron chi connectivity index (χ4n) is 2.85. The molecule has 30 heavy (non-hydrogen) atoms. The number of ether oxygens (including phenoxy) is 1. The number of carbonyl (C=O) groups is 1. The molecule has 0 radical (unpaired) electrons. The summed E-state index contributed by atoms with van der Waals surface area (Å²) in [5.74, 6) is 0.600. The van der Waals surface area contributed by atoms with Crippen LogP contribution in [0.4, 0.5) is 5.82 Å². The molecule has 0 saturated carbocycles. The monoisotopic (exact) mass is 417 g/mol. The lowest BCUT2D eigenvalue weighted by atomic mass is 10.2. The van der Waals surface area contributed by atoms with Gasteiger partial charge in [0.05, 0.1) is 0 Å². The van der Waals surface area contributed by atoms with Gasteiger partial charge in [0, 0.05) is 42.2 Å². The van der Waals surface area contributed by atoms with Crippen molar-refractivity contribution in [1.29, 1.82) is 0 Å². The summed E-state index contributed by atoms with van der Waals surface area (Å²) in [4.78, 5) is 25.4. The Bertz CT molecular complexity index is 1150. The van der Waals surface area contributed by atoms with Crippen LogP contribution >= 0.6 is 11.8 Å². The number of nitrogens with zero attached hydrogens (tertiary/aromatic N) is 4. The van der Waals surface area contributed by atoms with Crippen molar-refractivity contribution in [1.82, 2.24) is 19.5 Å². The maximum absolute atomic E-state index is 12.9. The number of anilines is 1. The number of hydrogen-bond donors (Lipinski definition) is 1. The van der Waals surface area contributed by atoms with Crippen LogP contribution in [0.3, 0.4) is 0 Å². The van der Waals surface area contributed by atoms with Crippen molar-refractivity contribution in [3.63, 3.8) is 0 Å². The molecular weight excluding hydrogens is 398 g/mol. The van der Waals surface area contributed by atoms with Crippen molar-refractivity contribution in [2.45, 2.75) is 11.8 Å². The summed E-state index contributed by atoms with van der Waals surface area (Å²) in [5, 5.41) is 3.70. The van der Waals surface area contributed by atoms with E-state index in [0.717, 1.165) is 16.4 Å². The number of benzene rings is 1. The van der Waals surface area contributed by atoms with Crippen LogP contribution in [0.15, 0.2) is 84.7 Å². The standard InChI is InChI=1S/C22H19N5O2S/c1-30-22-25-12-13-27(22)18-5-2-4-17(14-18)21(28)26-20-19(6-3-9-24-20)29-15-16-7-10-23-11-8-16/h2-14H,15H2,1H3,(H,24,26,28). The number of thioether (sulfide) groups is 1. The summed E-state index contributed by atoms with van der Waals surface area (Å²) in [7, 11) is 0. The van der Waals surface area contributed by atoms with Crippen LogP contribution in [0.5, 0.6) is 5.75 Å². The highest BCUT2D eigenvalue weighted by Crippen LogP contribution is 2.24. The van der Waals surface area contributed by atoms with Crippen LogP contribution in [0.25, 0.3) is 5.69 Å². The van der Waals surface area contributed by atoms with Crippen molar-refractivity contribution in [3.8, 4) is 11.4 Å². The molecule has 7 nitrogen and oxygen atoms in total. The third kappa shape index (κ3) is 4.49. The van der Waals surface area contributed by atoms with Crippen molar-refractivity contribution in [2.24, 2.45) is 0 Å². The molecule has 4 aromatic rings. The van der Waals surface area contributed by atoms with Gasteiger partial charge in [-0.05, 0) is 54.3 Å². The van der Waals surface area contributed by atoms with Gasteiger partial charge in [-0.2, -0.15) is 0 Å². The summed E-state index contributed by atoms with van der Waals surface area (Å²) in [6.07, 6.45) is 10.6. The number of hydrogen-bond acceptors (Lipinski definition) is 6. The topological polar surface area (TPSA) is 81.9 Å². The number of pyridine rings is 2. The van der Waals surface area contributed by atoms with E-state index in [9.17, 15) is 4.79 Å². The molecule has 0 fully saturated rings. The molecule has 0 atom stereocenters. The van der Waals surface area contributed by atoms with E-state index in [1.54, 1.807) is 54.7 Å². The first-order chi connectivity index (χ1) is 14.7. The summed E-state index contributed by atoms with van der Waals surface area (Å²) >= 11 is 1.54. The molecular formula is C22H19N5O2S. The van der Waals surface area contributed by atoms with Gasteiger partial charge in [0.15, 0.2) is 16.7 Å². The van der Waals surface area contributed by atoms with E-state index < -0.39 is 0 Å². The predicted octanol–water partition coefficient (Wildman–Crippen LogP) is 4.22. The molecule has 1 N–H and O–H groups in total. The van der Waals surface area contributed by atoms with Gasteiger partial charge in [0.25, 0.3) is 5.91 Å². The Labute approximate surface area is 178 Å². The third-order valence-corrected chi connectivity index (χ3v) is 4.99. The normalized spacial score (nSPS) is 10.6. The Hall–Kier alpha value is -3.65. The Morgan fingerprint density at radius 3 is 2.77 bits per heavy atom. The maximum Gasteiger partial charge on any atom is 0.256 e. The number of nitrogens with one attached hydrogen (secondary N) is 1. The number of amides is 1. The molecule has 0 spiro atoms. The van der Waals surface area contributed by atoms with Crippen molar-refractivity contribution >= 4 is 23.5 Å². The zero-order chi connectivity index (χ0) is 20.8. The average Bonchev–Trinajstić information content (AvgIpc) is 3.28. The Morgan fingerprint density at radius 2 is 1.93 bits per heavy atom. The first-order valence-corrected chi connectivity index (χ1v) is 10.4. The quantitative estimate of drug-likeness (QED) is 0.454. The molecule has 3 heterocycles. The van der Waals surface area contributed by atoms with E-state index in [2.05, 4.69) is 20.3 Å². The van der Waals surface area contributed by atoms with Crippen LogP contribution in [-0.2, 0) is 6.61 Å². The first kappa shape index (κ1) is 19.7. The smallest absolute Gasteiger partial charge is 0.256 e. The molecule has 0 aliphatic rings. The SMILES string of the molecule is CSc1nccn1-c1cccc(C(=O)Nc2ncccc2OCc2ccncc2)c1. The first-order valence-electron chi connectivity index (χ1n) is 9.20. The highest BCUT2D eigenvalue weighted by atomic mass is 32.2. The lowest BCUT2D eigenvalue weighted by Gasteiger charge is -2.12. The van der Waals surface area contributed by atoms with E-state index in [-0.39, 0.29) is 5.91 Å². The number of imidazole rings is 1. The summed E-state index contributed by atoms with van der Waals surface area (Å²) < 4.78 is 7.79. The van der Waals surface area contributed by atoms with E-state index in [1.807, 2.05) is 47.4 Å². The van der Waals surface area contributed by atoms with E-state index in [4.69, 9.17) is 4.74 Å². The zero-order valence-electron chi connectivity index (χ0n) is 16.2. The molecule has 1 amide bonds. The molecule has 0 unspecified atom stereocenters. The van der Waals surface area contributed by atoms with E-state index in [1.165, 1.54) is 0 Å². The van der Waals surface area contributed by atoms with Gasteiger partial charge in [-0.1, -0.05) is 17.8 Å². The summed E-state index contributed by atoms with van der Waals surface area (Å²) in [5.41, 5.74) is 2.35. The average molecular weight is 417 g/mol. The Balaban J connectivity index is 1.51. The number of carbonyl (C=O) groups excluding carboxylic acids is 1. The predicted molar refractivity (Wildman–Crippen MR) is 116 cm³/mol. The fraction of sp³-hybridized carbons (Fsp3) is 0.0909. The van der Waals surface area contributed by atoms with Crippen molar-refractivity contribution in [2.75, 3.05) is 11.6 Å². The van der Waals surface area contributed by atoms with Crippen LogP contribution in [0.2, 0.25) is 0 Å². The van der Waals surface area contributed by atoms with Crippen LogP contribution in [0.1, 0.15) is 15.9 Å². The minimum Gasteiger partial charge on any atom is -0.485 e. The fourth-order valence-corrected chi connectivity index (χ4v) is 3.38. The number of aromatic nitrogens is 4. The maximum atomic E-state index is 12.9. The van der Waals surface area contributed by atoms with Gasteiger partial charge in [-0.3, -0.25) is 14.3 Å². The molecule has 3 aromatic heterocycles. The lowest BCUT2D eigenvalue weighted by Crippen LogP contribution is -2.14. The zero-order valence-corrected chi connectivity index (χ0v) is 17.0. The highest BCUT2D eigenvalue weighted by Gasteiger charge is 2.13. The van der Waals surface area contributed by atoms with Gasteiger partial charge >= 0.3 is 0 Å². The largest absolute Gasteiger partial charge is 0.485 e. The van der Waals surface area contributed by atoms with Gasteiger partial charge < -0.3 is 10.1 Å². The molecule has 4 rings (SSSR count). The van der Waals surface area contributed by atoms with E-state index >= 15 is 0 Å². The minimum atomic E-state index is -0.268. The lowest BCUT2D eigenvalue weighted by molar-refractivity contribution is 0.102. The van der Waals surface area contributed by atoms with Gasteiger partial charge in [-0.15, -0.1) is 0 Å². The van der Waals surface area contributed by atoms with Gasteiger partial charge in [0.2, 0.25) is 0 Å². The highest BCUT2D eigenvalue weighted by molar-refractivity contribution is 7.98. The molecule has 0 bridgehead atoms. The third-order valence-electron chi connectivity index (χ3n) is 4.32. The second-order valence-electron chi connectivity index (χ2n) is 6.28. The molecule has 8 heteroatoms. The summed E-state index contributed by atoms with van der Waals surface area (Å²) in [6, 6.07) is 14.6. The number of rotatable bonds is 7. The molecule has 1 aromatic carbocycles. The molecule has 150 valence electrons. The Kier molecular flexibility index (Phi) is 6.05. The molecule has 0 saturated heterocycles. The van der Waals surface area contributed by atoms with Gasteiger partial charge in [-0.25, -0.2) is 9.97 Å². The van der Waals surface area contributed by atoms with E-state index in [0.29, 0.717) is 23.7 Å². The van der Waals surface area contributed by atoms with Gasteiger partial charge in [0.1, 0.15) is 6.61 Å². The second kappa shape index (κ2) is 9.23. The Morgan fingerprint density at radius 1 is 1.07 bits per heavy atom. The van der Waals surface area contributed by atoms with Crippen molar-refractivity contribution < 1.29 is 9.53 Å². The van der Waals surface area contributed by atoms with Crippen LogP contribution in [0, 0.1) is 0 Å². The van der Waals surface area contributed by atoms with Crippen LogP contribution < -0.4 is 10.1 Å². The molecule has 0 aliphatic carbocycles. The molecule has 0 aliphatic heterocycles. The van der Waals surface area contributed by atoms with Crippen LogP contribution in [-0.4, -0.2) is 31.7 Å². The summed E-state index contributed by atoms with van der Waals surface area (Å²) in [6.45, 7) is 0.352.